The van der Waals surface area contributed by atoms with E-state index in [2.05, 4.69) is 255 Å². The van der Waals surface area contributed by atoms with Gasteiger partial charge >= 0.3 is 0 Å². The van der Waals surface area contributed by atoms with Gasteiger partial charge in [0.25, 0.3) is 0 Å². The van der Waals surface area contributed by atoms with E-state index >= 15 is 0 Å². The third-order valence-electron chi connectivity index (χ3n) is 10.7. The Balaban J connectivity index is 0.000000214. The first-order valence-corrected chi connectivity index (χ1v) is 24.7. The molecule has 6 aromatic carbocycles. The van der Waals surface area contributed by atoms with Crippen molar-refractivity contribution in [2.45, 2.75) is 92.2 Å². The van der Waals surface area contributed by atoms with Crippen LogP contribution in [0.5, 0.6) is 0 Å². The first kappa shape index (κ1) is 46.5. The molecule has 0 spiro atoms. The minimum absolute atomic E-state index is 0. The van der Waals surface area contributed by atoms with Crippen molar-refractivity contribution in [1.82, 2.24) is 0 Å². The Morgan fingerprint density at radius 3 is 0.776 bits per heavy atom. The normalized spacial score (nSPS) is 12.2. The van der Waals surface area contributed by atoms with Gasteiger partial charge in [-0.2, -0.15) is 0 Å². The molecule has 7 rings (SSSR count). The van der Waals surface area contributed by atoms with Crippen LogP contribution in [0.3, 0.4) is 0 Å². The van der Waals surface area contributed by atoms with E-state index in [0.717, 1.165) is 0 Å². The van der Waals surface area contributed by atoms with Gasteiger partial charge in [0.15, 0.2) is 0 Å². The van der Waals surface area contributed by atoms with E-state index in [9.17, 15) is 0 Å². The number of hydrogen-bond acceptors (Lipinski definition) is 2. The predicted octanol–water partition coefficient (Wildman–Crippen LogP) is 11.9. The van der Waals surface area contributed by atoms with Gasteiger partial charge in [-0.1, -0.05) is 247 Å². The standard InChI is InChI=1S/C27H37N2.2C13H13Si.Pt/c1-18(2)22-11-9-12-23(19(3)4)26(22)28-15-16-29(17-28)27-24(20(5)6)13-10-14-25(27)21(7)8;2*1-14(12-8-4-2-5-9-12)13-10-6-3-7-11-13;/h9-21H,1-8H3;2*2-11H,1H3;/q-1;;;. The summed E-state index contributed by atoms with van der Waals surface area (Å²) >= 11 is 0. The van der Waals surface area contributed by atoms with Crippen molar-refractivity contribution in [3.05, 3.63) is 199 Å². The van der Waals surface area contributed by atoms with Crippen molar-refractivity contribution < 1.29 is 21.1 Å². The third-order valence-corrected chi connectivity index (χ3v) is 15.5. The summed E-state index contributed by atoms with van der Waals surface area (Å²) in [4.78, 5) is 4.65. The van der Waals surface area contributed by atoms with Gasteiger partial charge in [0.1, 0.15) is 17.6 Å². The molecule has 0 N–H and O–H groups in total. The van der Waals surface area contributed by atoms with Gasteiger partial charge in [-0.3, -0.25) is 0 Å². The molecular weight excluding hydrogens is 916 g/mol. The molecule has 0 unspecified atom stereocenters. The maximum absolute atomic E-state index is 2.34. The molecule has 0 saturated heterocycles. The second-order valence-electron chi connectivity index (χ2n) is 16.1. The second kappa shape index (κ2) is 22.8. The van der Waals surface area contributed by atoms with E-state index in [0.29, 0.717) is 23.7 Å². The van der Waals surface area contributed by atoms with Crippen LogP contribution in [0.15, 0.2) is 170 Å². The smallest absolute Gasteiger partial charge is 0.118 e. The van der Waals surface area contributed by atoms with E-state index in [1.54, 1.807) is 0 Å². The number of hydrogen-bond donors (Lipinski definition) is 0. The van der Waals surface area contributed by atoms with Crippen LogP contribution in [0, 0.1) is 6.67 Å². The van der Waals surface area contributed by atoms with Crippen LogP contribution in [-0.2, 0) is 21.1 Å². The summed E-state index contributed by atoms with van der Waals surface area (Å²) in [6.07, 6.45) is 4.43. The Hall–Kier alpha value is -4.22. The Morgan fingerprint density at radius 2 is 0.569 bits per heavy atom. The SMILES string of the molecule is CC(C)c1cccc(C(C)C)c1N1C=CN(c2c(C(C)C)cccc2C(C)C)[CH-]1.C[Si](c1ccccc1)c1ccccc1.C[Si](c1ccccc1)c1ccccc1.[Pt]. The second-order valence-corrected chi connectivity index (χ2v) is 20.9. The Kier molecular flexibility index (Phi) is 18.3. The molecule has 2 radical (unpaired) electrons. The van der Waals surface area contributed by atoms with E-state index in [1.807, 2.05) is 0 Å². The molecule has 1 aliphatic heterocycles. The summed E-state index contributed by atoms with van der Waals surface area (Å²) in [7, 11) is -1.09. The topological polar surface area (TPSA) is 6.48 Å². The number of rotatable bonds is 10. The van der Waals surface area contributed by atoms with Gasteiger partial charge in [0.05, 0.1) is 0 Å². The molecule has 0 bridgehead atoms. The van der Waals surface area contributed by atoms with Gasteiger partial charge in [0, 0.05) is 32.4 Å². The Labute approximate surface area is 369 Å². The molecular formula is C53H63N2PtSi2-. The number of nitrogens with zero attached hydrogens (tertiary/aromatic N) is 2. The summed E-state index contributed by atoms with van der Waals surface area (Å²) < 4.78 is 0. The molecule has 1 aliphatic rings. The molecule has 0 aromatic heterocycles. The number of para-hydroxylation sites is 2. The van der Waals surface area contributed by atoms with Crippen molar-refractivity contribution in [1.29, 1.82) is 0 Å². The molecule has 0 amide bonds. The van der Waals surface area contributed by atoms with Crippen LogP contribution in [0.2, 0.25) is 13.1 Å². The zero-order valence-electron chi connectivity index (χ0n) is 36.3. The molecule has 0 fully saturated rings. The molecule has 58 heavy (non-hydrogen) atoms. The van der Waals surface area contributed by atoms with Gasteiger partial charge in [0.2, 0.25) is 0 Å². The summed E-state index contributed by atoms with van der Waals surface area (Å²) in [5, 5.41) is 5.90. The third kappa shape index (κ3) is 12.2. The maximum atomic E-state index is 2.34. The predicted molar refractivity (Wildman–Crippen MR) is 255 cm³/mol. The van der Waals surface area contributed by atoms with Gasteiger partial charge < -0.3 is 9.80 Å². The van der Waals surface area contributed by atoms with Crippen LogP contribution in [0.4, 0.5) is 11.4 Å². The molecule has 2 nitrogen and oxygen atoms in total. The molecule has 304 valence electrons. The van der Waals surface area contributed by atoms with Crippen molar-refractivity contribution in [2.75, 3.05) is 9.80 Å². The fourth-order valence-electron chi connectivity index (χ4n) is 7.32. The molecule has 0 atom stereocenters. The van der Waals surface area contributed by atoms with E-state index < -0.39 is 17.6 Å². The first-order valence-electron chi connectivity index (χ1n) is 20.7. The van der Waals surface area contributed by atoms with E-state index in [-0.39, 0.29) is 21.1 Å². The van der Waals surface area contributed by atoms with Crippen LogP contribution < -0.4 is 30.5 Å². The van der Waals surface area contributed by atoms with Gasteiger partial charge in [-0.25, -0.2) is 0 Å². The van der Waals surface area contributed by atoms with Crippen molar-refractivity contribution >= 4 is 49.7 Å². The zero-order chi connectivity index (χ0) is 40.9. The maximum Gasteiger partial charge on any atom is 0.118 e. The summed E-state index contributed by atoms with van der Waals surface area (Å²) in [5.74, 6) is 1.92. The average Bonchev–Trinajstić information content (AvgIpc) is 3.74. The molecule has 0 saturated carbocycles. The van der Waals surface area contributed by atoms with Crippen molar-refractivity contribution in [2.24, 2.45) is 0 Å². The van der Waals surface area contributed by atoms with Crippen LogP contribution in [-0.4, -0.2) is 17.6 Å². The molecule has 6 aromatic rings. The van der Waals surface area contributed by atoms with Crippen molar-refractivity contribution in [3.63, 3.8) is 0 Å². The molecule has 1 heterocycles. The first-order chi connectivity index (χ1) is 27.5. The fraction of sp³-hybridized carbons (Fsp3) is 0.264. The van der Waals surface area contributed by atoms with E-state index in [4.69, 9.17) is 0 Å². The monoisotopic (exact) mass is 978 g/mol. The molecule has 5 heteroatoms. The summed E-state index contributed by atoms with van der Waals surface area (Å²) in [5.41, 5.74) is 8.29. The van der Waals surface area contributed by atoms with Crippen molar-refractivity contribution in [3.8, 4) is 0 Å². The largest absolute Gasteiger partial charge is 0.479 e. The zero-order valence-corrected chi connectivity index (χ0v) is 40.5. The van der Waals surface area contributed by atoms with Crippen LogP contribution in [0.25, 0.3) is 0 Å². The Bertz CT molecular complexity index is 1830. The van der Waals surface area contributed by atoms with Crippen LogP contribution in [0.1, 0.15) is 101 Å². The van der Waals surface area contributed by atoms with Gasteiger partial charge in [-0.05, 0) is 58.3 Å². The van der Waals surface area contributed by atoms with E-state index in [1.165, 1.54) is 54.4 Å². The van der Waals surface area contributed by atoms with Gasteiger partial charge in [-0.15, -0.1) is 6.67 Å². The average molecular weight is 979 g/mol. The number of benzene rings is 6. The fourth-order valence-corrected chi connectivity index (χ4v) is 10.8. The summed E-state index contributed by atoms with van der Waals surface area (Å²) in [6, 6.07) is 56.5. The minimum atomic E-state index is -0.545. The molecule has 0 aliphatic carbocycles. The quantitative estimate of drug-likeness (QED) is 0.0997. The number of anilines is 2. The summed E-state index contributed by atoms with van der Waals surface area (Å²) in [6.45, 7) is 25.2. The Morgan fingerprint density at radius 1 is 0.345 bits per heavy atom. The van der Waals surface area contributed by atoms with Crippen LogP contribution >= 0.6 is 0 Å². The minimum Gasteiger partial charge on any atom is -0.479 e.